The average molecular weight is 444 g/mol. The van der Waals surface area contributed by atoms with Crippen molar-refractivity contribution in [3.8, 4) is 0 Å². The molecule has 0 amide bonds. The first-order chi connectivity index (χ1) is 13.9. The zero-order valence-electron chi connectivity index (χ0n) is 15.5. The number of ether oxygens (including phenoxy) is 1. The Morgan fingerprint density at radius 3 is 2.21 bits per heavy atom. The van der Waals surface area contributed by atoms with Gasteiger partial charge in [0.2, 0.25) is 5.90 Å². The highest BCUT2D eigenvalue weighted by molar-refractivity contribution is 7.99. The highest BCUT2D eigenvalue weighted by Gasteiger charge is 2.34. The van der Waals surface area contributed by atoms with Gasteiger partial charge in [0.05, 0.1) is 4.90 Å². The third-order valence-corrected chi connectivity index (χ3v) is 6.99. The Morgan fingerprint density at radius 1 is 0.931 bits per heavy atom. The summed E-state index contributed by atoms with van der Waals surface area (Å²) < 4.78 is 29.7. The first kappa shape index (κ1) is 20.0. The fraction of sp³-hybridized carbons (Fsp3) is 0.136. The Labute approximate surface area is 179 Å². The lowest BCUT2D eigenvalue weighted by Gasteiger charge is -2.18. The maximum atomic E-state index is 11.8. The lowest BCUT2D eigenvalue weighted by atomic mass is 10.1. The summed E-state index contributed by atoms with van der Waals surface area (Å²) in [5, 5.41) is 0.677. The summed E-state index contributed by atoms with van der Waals surface area (Å²) in [6, 6.07) is 23.9. The lowest BCUT2D eigenvalue weighted by Crippen LogP contribution is -2.13. The van der Waals surface area contributed by atoms with Crippen molar-refractivity contribution in [3.63, 3.8) is 0 Å². The van der Waals surface area contributed by atoms with Crippen LogP contribution in [0.5, 0.6) is 0 Å². The van der Waals surface area contributed by atoms with Crippen LogP contribution >= 0.6 is 23.4 Å². The van der Waals surface area contributed by atoms with Crippen molar-refractivity contribution in [2.75, 3.05) is 6.26 Å². The van der Waals surface area contributed by atoms with E-state index in [2.05, 4.69) is 0 Å². The van der Waals surface area contributed by atoms with E-state index in [1.54, 1.807) is 36.0 Å². The lowest BCUT2D eigenvalue weighted by molar-refractivity contribution is 0.284. The topological polar surface area (TPSA) is 55.7 Å². The molecule has 2 unspecified atom stereocenters. The number of nitrogens with zero attached hydrogens (tertiary/aromatic N) is 1. The predicted molar refractivity (Wildman–Crippen MR) is 117 cm³/mol. The second-order valence-corrected chi connectivity index (χ2v) is 10.3. The van der Waals surface area contributed by atoms with Crippen molar-refractivity contribution in [3.05, 3.63) is 95.0 Å². The van der Waals surface area contributed by atoms with E-state index >= 15 is 0 Å². The number of halogens is 1. The fourth-order valence-corrected chi connectivity index (χ4v) is 4.80. The van der Waals surface area contributed by atoms with Crippen molar-refractivity contribution in [1.82, 2.24) is 0 Å². The zero-order valence-corrected chi connectivity index (χ0v) is 17.9. The quantitative estimate of drug-likeness (QED) is 0.531. The van der Waals surface area contributed by atoms with E-state index in [-0.39, 0.29) is 16.4 Å². The maximum Gasteiger partial charge on any atom is 0.218 e. The van der Waals surface area contributed by atoms with E-state index in [1.807, 2.05) is 54.6 Å². The van der Waals surface area contributed by atoms with Crippen molar-refractivity contribution in [2.45, 2.75) is 21.3 Å². The van der Waals surface area contributed by atoms with Crippen LogP contribution in [0.25, 0.3) is 0 Å². The first-order valence-electron chi connectivity index (χ1n) is 8.92. The number of hydrogen-bond donors (Lipinski definition) is 0. The minimum atomic E-state index is -3.25. The van der Waals surface area contributed by atoms with Gasteiger partial charge in [-0.05, 0) is 54.1 Å². The smallest absolute Gasteiger partial charge is 0.218 e. The molecule has 0 N–H and O–H groups in total. The highest BCUT2D eigenvalue weighted by atomic mass is 35.5. The van der Waals surface area contributed by atoms with E-state index in [1.165, 1.54) is 6.26 Å². The van der Waals surface area contributed by atoms with Crippen LogP contribution in [0, 0.1) is 0 Å². The Balaban J connectivity index is 1.67. The molecule has 0 fully saturated rings. The van der Waals surface area contributed by atoms with E-state index in [0.29, 0.717) is 10.9 Å². The summed E-state index contributed by atoms with van der Waals surface area (Å²) in [6.45, 7) is 0. The monoisotopic (exact) mass is 443 g/mol. The fourth-order valence-electron chi connectivity index (χ4n) is 3.00. The Kier molecular flexibility index (Phi) is 5.67. The summed E-state index contributed by atoms with van der Waals surface area (Å²) in [7, 11) is -3.25. The maximum absolute atomic E-state index is 11.8. The molecule has 7 heteroatoms. The van der Waals surface area contributed by atoms with Gasteiger partial charge in [-0.3, -0.25) is 0 Å². The van der Waals surface area contributed by atoms with Crippen molar-refractivity contribution in [1.29, 1.82) is 0 Å². The normalized spacial score (nSPS) is 18.9. The molecule has 2 atom stereocenters. The van der Waals surface area contributed by atoms with Crippen LogP contribution in [0.4, 0.5) is 0 Å². The molecule has 0 radical (unpaired) electrons. The van der Waals surface area contributed by atoms with Crippen LogP contribution in [0.1, 0.15) is 17.2 Å². The minimum Gasteiger partial charge on any atom is -0.460 e. The molecule has 0 saturated carbocycles. The summed E-state index contributed by atoms with van der Waals surface area (Å²) >= 11 is 7.55. The van der Waals surface area contributed by atoms with Crippen LogP contribution in [-0.4, -0.2) is 26.0 Å². The van der Waals surface area contributed by atoms with E-state index in [0.717, 1.165) is 16.0 Å². The number of sulfone groups is 1. The molecule has 0 aliphatic carbocycles. The van der Waals surface area contributed by atoms with Gasteiger partial charge in [-0.1, -0.05) is 53.7 Å². The number of benzene rings is 3. The summed E-state index contributed by atoms with van der Waals surface area (Å²) in [5.41, 5.74) is 1.52. The highest BCUT2D eigenvalue weighted by Crippen LogP contribution is 2.40. The van der Waals surface area contributed by atoms with Gasteiger partial charge in [-0.2, -0.15) is 0 Å². The molecule has 1 aliphatic heterocycles. The third kappa shape index (κ3) is 4.66. The van der Waals surface area contributed by atoms with Crippen molar-refractivity contribution >= 4 is 39.1 Å². The van der Waals surface area contributed by atoms with E-state index in [9.17, 15) is 8.42 Å². The van der Waals surface area contributed by atoms with Crippen LogP contribution in [0.3, 0.4) is 0 Å². The Bertz CT molecular complexity index is 1130. The number of hydrogen-bond acceptors (Lipinski definition) is 5. The first-order valence-corrected chi connectivity index (χ1v) is 12.1. The molecule has 0 aromatic heterocycles. The average Bonchev–Trinajstić information content (AvgIpc) is 3.14. The molecular formula is C22H18ClNO3S2. The second kappa shape index (κ2) is 8.22. The van der Waals surface area contributed by atoms with Crippen molar-refractivity contribution < 1.29 is 13.2 Å². The van der Waals surface area contributed by atoms with Crippen LogP contribution in [-0.2, 0) is 14.6 Å². The molecule has 0 spiro atoms. The molecule has 3 aromatic carbocycles. The molecule has 29 heavy (non-hydrogen) atoms. The van der Waals surface area contributed by atoms with E-state index in [4.69, 9.17) is 21.3 Å². The zero-order chi connectivity index (χ0) is 20.4. The Morgan fingerprint density at radius 2 is 1.59 bits per heavy atom. The SMILES string of the molecule is CS(=O)(=O)c1ccc(C2N=C(c3ccccc3)OC2Sc2ccc(Cl)cc2)cc1. The van der Waals surface area contributed by atoms with Gasteiger partial charge in [-0.15, -0.1) is 0 Å². The van der Waals surface area contributed by atoms with Gasteiger partial charge < -0.3 is 4.74 Å². The molecule has 0 saturated heterocycles. The molecule has 1 heterocycles. The Hall–Kier alpha value is -2.28. The van der Waals surface area contributed by atoms with Gasteiger partial charge in [0, 0.05) is 21.7 Å². The summed E-state index contributed by atoms with van der Waals surface area (Å²) in [5.74, 6) is 0.578. The van der Waals surface area contributed by atoms with Crippen LogP contribution < -0.4 is 0 Å². The summed E-state index contributed by atoms with van der Waals surface area (Å²) in [4.78, 5) is 6.12. The molecule has 0 bridgehead atoms. The largest absolute Gasteiger partial charge is 0.460 e. The van der Waals surface area contributed by atoms with Crippen LogP contribution in [0.15, 0.2) is 93.6 Å². The molecule has 148 valence electrons. The molecule has 4 rings (SSSR count). The molecule has 3 aromatic rings. The van der Waals surface area contributed by atoms with Gasteiger partial charge in [0.15, 0.2) is 15.3 Å². The third-order valence-electron chi connectivity index (χ3n) is 4.48. The standard InChI is InChI=1S/C22H18ClNO3S2/c1-29(25,26)19-13-7-15(8-14-19)20-22(28-18-11-9-17(23)10-12-18)27-21(24-20)16-5-3-2-4-6-16/h2-14,20,22H,1H3. The number of aliphatic imine (C=N–C) groups is 1. The summed E-state index contributed by atoms with van der Waals surface area (Å²) in [6.07, 6.45) is 1.20. The van der Waals surface area contributed by atoms with Gasteiger partial charge in [0.25, 0.3) is 0 Å². The number of rotatable bonds is 5. The number of thioether (sulfide) groups is 1. The van der Waals surface area contributed by atoms with Gasteiger partial charge >= 0.3 is 0 Å². The van der Waals surface area contributed by atoms with Crippen LogP contribution in [0.2, 0.25) is 5.02 Å². The molecule has 1 aliphatic rings. The van der Waals surface area contributed by atoms with Crippen molar-refractivity contribution in [2.24, 2.45) is 4.99 Å². The van der Waals surface area contributed by atoms with Gasteiger partial charge in [-0.25, -0.2) is 13.4 Å². The van der Waals surface area contributed by atoms with Gasteiger partial charge in [0.1, 0.15) is 6.04 Å². The molecule has 4 nitrogen and oxygen atoms in total. The van der Waals surface area contributed by atoms with E-state index < -0.39 is 9.84 Å². The molecular weight excluding hydrogens is 426 g/mol. The minimum absolute atomic E-state index is 0.264. The predicted octanol–water partition coefficient (Wildman–Crippen LogP) is 5.38. The second-order valence-electron chi connectivity index (χ2n) is 6.64.